The van der Waals surface area contributed by atoms with Crippen molar-refractivity contribution in [2.24, 2.45) is 4.99 Å². The molecule has 0 bridgehead atoms. The molecule has 0 saturated carbocycles. The SMILES string of the molecule is CCCCCC(C)NC(=NC)NCCCS(C)(=O)=O.I. The lowest BCUT2D eigenvalue weighted by Crippen LogP contribution is -2.42. The summed E-state index contributed by atoms with van der Waals surface area (Å²) in [7, 11) is -1.14. The maximum absolute atomic E-state index is 11.0. The molecule has 0 aliphatic carbocycles. The van der Waals surface area contributed by atoms with E-state index < -0.39 is 9.84 Å². The molecule has 1 atom stereocenters. The number of hydrogen-bond acceptors (Lipinski definition) is 3. The van der Waals surface area contributed by atoms with Gasteiger partial charge in [-0.3, -0.25) is 4.99 Å². The van der Waals surface area contributed by atoms with Crippen molar-refractivity contribution in [2.45, 2.75) is 52.0 Å². The van der Waals surface area contributed by atoms with E-state index in [1.807, 2.05) is 0 Å². The average Bonchev–Trinajstić information content (AvgIpc) is 2.32. The predicted octanol–water partition coefficient (Wildman–Crippen LogP) is 2.17. The molecule has 0 heterocycles. The molecule has 0 amide bonds. The molecule has 0 spiro atoms. The second-order valence-corrected chi connectivity index (χ2v) is 7.28. The molecule has 2 N–H and O–H groups in total. The zero-order valence-electron chi connectivity index (χ0n) is 13.1. The fourth-order valence-electron chi connectivity index (χ4n) is 1.74. The van der Waals surface area contributed by atoms with Crippen molar-refractivity contribution in [2.75, 3.05) is 25.6 Å². The summed E-state index contributed by atoms with van der Waals surface area (Å²) >= 11 is 0. The molecule has 0 radical (unpaired) electrons. The number of guanidine groups is 1. The first-order chi connectivity index (χ1) is 8.89. The summed E-state index contributed by atoms with van der Waals surface area (Å²) in [6, 6.07) is 0.382. The van der Waals surface area contributed by atoms with Crippen LogP contribution in [0.25, 0.3) is 0 Å². The van der Waals surface area contributed by atoms with Crippen LogP contribution < -0.4 is 10.6 Å². The number of unbranched alkanes of at least 4 members (excludes halogenated alkanes) is 2. The minimum atomic E-state index is -2.87. The van der Waals surface area contributed by atoms with E-state index in [1.165, 1.54) is 25.5 Å². The lowest BCUT2D eigenvalue weighted by molar-refractivity contribution is 0.546. The van der Waals surface area contributed by atoms with Crippen LogP contribution in [0.3, 0.4) is 0 Å². The molecule has 0 aliphatic heterocycles. The van der Waals surface area contributed by atoms with E-state index in [0.29, 0.717) is 19.0 Å². The standard InChI is InChI=1S/C13H29N3O2S.HI/c1-5-6-7-9-12(2)16-13(14-3)15-10-8-11-19(4,17)18;/h12H,5-11H2,1-4H3,(H2,14,15,16);1H. The van der Waals surface area contributed by atoms with Crippen molar-refractivity contribution >= 4 is 39.8 Å². The maximum Gasteiger partial charge on any atom is 0.191 e. The quantitative estimate of drug-likeness (QED) is 0.260. The Balaban J connectivity index is 0. The van der Waals surface area contributed by atoms with Gasteiger partial charge in [-0.05, 0) is 19.8 Å². The summed E-state index contributed by atoms with van der Waals surface area (Å²) in [6.07, 6.45) is 6.69. The highest BCUT2D eigenvalue weighted by Gasteiger charge is 2.05. The minimum Gasteiger partial charge on any atom is -0.356 e. The summed E-state index contributed by atoms with van der Waals surface area (Å²) in [6.45, 7) is 4.95. The van der Waals surface area contributed by atoms with E-state index in [4.69, 9.17) is 0 Å². The Labute approximate surface area is 141 Å². The van der Waals surface area contributed by atoms with Gasteiger partial charge in [-0.25, -0.2) is 8.42 Å². The Morgan fingerprint density at radius 2 is 1.90 bits per heavy atom. The van der Waals surface area contributed by atoms with E-state index >= 15 is 0 Å². The van der Waals surface area contributed by atoms with Gasteiger partial charge in [-0.15, -0.1) is 24.0 Å². The molecule has 0 aromatic carbocycles. The van der Waals surface area contributed by atoms with Gasteiger partial charge >= 0.3 is 0 Å². The van der Waals surface area contributed by atoms with Crippen LogP contribution in [0.4, 0.5) is 0 Å². The van der Waals surface area contributed by atoms with E-state index in [0.717, 1.165) is 12.4 Å². The Kier molecular flexibility index (Phi) is 14.1. The fourth-order valence-corrected chi connectivity index (χ4v) is 2.41. The molecule has 5 nitrogen and oxygen atoms in total. The molecule has 0 aliphatic rings. The smallest absolute Gasteiger partial charge is 0.191 e. The highest BCUT2D eigenvalue weighted by Crippen LogP contribution is 2.02. The van der Waals surface area contributed by atoms with Gasteiger partial charge in [0.15, 0.2) is 5.96 Å². The van der Waals surface area contributed by atoms with Gasteiger partial charge in [-0.2, -0.15) is 0 Å². The number of rotatable bonds is 9. The van der Waals surface area contributed by atoms with Crippen molar-refractivity contribution in [1.82, 2.24) is 10.6 Å². The topological polar surface area (TPSA) is 70.6 Å². The molecule has 20 heavy (non-hydrogen) atoms. The Hall–Kier alpha value is -0.0500. The number of halogens is 1. The van der Waals surface area contributed by atoms with Crippen molar-refractivity contribution in [3.63, 3.8) is 0 Å². The Morgan fingerprint density at radius 3 is 2.40 bits per heavy atom. The third-order valence-electron chi connectivity index (χ3n) is 2.83. The van der Waals surface area contributed by atoms with Gasteiger partial charge in [0, 0.05) is 25.9 Å². The van der Waals surface area contributed by atoms with Gasteiger partial charge in [0.1, 0.15) is 9.84 Å². The number of aliphatic imine (C=N–C) groups is 1. The van der Waals surface area contributed by atoms with E-state index in [9.17, 15) is 8.42 Å². The van der Waals surface area contributed by atoms with Crippen molar-refractivity contribution in [3.05, 3.63) is 0 Å². The Bertz CT molecular complexity index is 359. The highest BCUT2D eigenvalue weighted by atomic mass is 127. The molecule has 1 unspecified atom stereocenters. The van der Waals surface area contributed by atoms with Gasteiger partial charge in [0.2, 0.25) is 0 Å². The molecule has 0 fully saturated rings. The van der Waals surface area contributed by atoms with Gasteiger partial charge in [0.05, 0.1) is 5.75 Å². The molecular weight excluding hydrogens is 389 g/mol. The third-order valence-corrected chi connectivity index (χ3v) is 3.86. The lowest BCUT2D eigenvalue weighted by Gasteiger charge is -2.17. The van der Waals surface area contributed by atoms with Gasteiger partial charge in [-0.1, -0.05) is 26.2 Å². The molecule has 122 valence electrons. The molecule has 0 rings (SSSR count). The monoisotopic (exact) mass is 419 g/mol. The van der Waals surface area contributed by atoms with Gasteiger partial charge in [0.25, 0.3) is 0 Å². The second kappa shape index (κ2) is 12.7. The minimum absolute atomic E-state index is 0. The van der Waals surface area contributed by atoms with Crippen LogP contribution >= 0.6 is 24.0 Å². The average molecular weight is 419 g/mol. The third kappa shape index (κ3) is 14.4. The number of nitrogens with one attached hydrogen (secondary N) is 2. The summed E-state index contributed by atoms with van der Waals surface area (Å²) < 4.78 is 22.0. The fraction of sp³-hybridized carbons (Fsp3) is 0.923. The number of hydrogen-bond donors (Lipinski definition) is 2. The van der Waals surface area contributed by atoms with Crippen LogP contribution in [0, 0.1) is 0 Å². The first-order valence-corrected chi connectivity index (χ1v) is 9.10. The number of nitrogens with zero attached hydrogens (tertiary/aromatic N) is 1. The maximum atomic E-state index is 11.0. The summed E-state index contributed by atoms with van der Waals surface area (Å²) in [5, 5.41) is 6.45. The van der Waals surface area contributed by atoms with Crippen molar-refractivity contribution in [3.8, 4) is 0 Å². The molecule has 0 saturated heterocycles. The first-order valence-electron chi connectivity index (χ1n) is 7.04. The van der Waals surface area contributed by atoms with E-state index in [-0.39, 0.29) is 29.7 Å². The Morgan fingerprint density at radius 1 is 1.25 bits per heavy atom. The van der Waals surface area contributed by atoms with Gasteiger partial charge < -0.3 is 10.6 Å². The second-order valence-electron chi connectivity index (χ2n) is 5.02. The van der Waals surface area contributed by atoms with Crippen molar-refractivity contribution < 1.29 is 8.42 Å². The van der Waals surface area contributed by atoms with Crippen LogP contribution in [-0.4, -0.2) is 46.0 Å². The molecule has 0 aromatic rings. The zero-order chi connectivity index (χ0) is 14.7. The van der Waals surface area contributed by atoms with Crippen LogP contribution in [0.15, 0.2) is 4.99 Å². The zero-order valence-corrected chi connectivity index (χ0v) is 16.3. The molecule has 7 heteroatoms. The van der Waals surface area contributed by atoms with E-state index in [2.05, 4.69) is 29.5 Å². The van der Waals surface area contributed by atoms with Crippen LogP contribution in [-0.2, 0) is 9.84 Å². The van der Waals surface area contributed by atoms with Crippen LogP contribution in [0.1, 0.15) is 46.0 Å². The van der Waals surface area contributed by atoms with E-state index in [1.54, 1.807) is 7.05 Å². The summed E-state index contributed by atoms with van der Waals surface area (Å²) in [5.74, 6) is 0.959. The number of sulfone groups is 1. The summed E-state index contributed by atoms with van der Waals surface area (Å²) in [4.78, 5) is 4.14. The van der Waals surface area contributed by atoms with Crippen LogP contribution in [0.2, 0.25) is 0 Å². The predicted molar refractivity (Wildman–Crippen MR) is 97.8 cm³/mol. The normalized spacial score (nSPS) is 13.5. The molecule has 0 aromatic heterocycles. The molecular formula is C13H30IN3O2S. The van der Waals surface area contributed by atoms with Crippen molar-refractivity contribution in [1.29, 1.82) is 0 Å². The van der Waals surface area contributed by atoms with Crippen LogP contribution in [0.5, 0.6) is 0 Å². The highest BCUT2D eigenvalue weighted by molar-refractivity contribution is 14.0. The lowest BCUT2D eigenvalue weighted by atomic mass is 10.1. The first kappa shape index (κ1) is 22.2. The largest absolute Gasteiger partial charge is 0.356 e. The summed E-state index contributed by atoms with van der Waals surface area (Å²) in [5.41, 5.74) is 0.